The fourth-order valence-corrected chi connectivity index (χ4v) is 11.5. The molecule has 3 aliphatic rings. The fraction of sp³-hybridized carbons (Fsp3) is 0.698. The van der Waals surface area contributed by atoms with Crippen LogP contribution in [0.3, 0.4) is 0 Å². The minimum atomic E-state index is -3.20. The second kappa shape index (κ2) is 22.8. The van der Waals surface area contributed by atoms with Crippen LogP contribution in [-0.4, -0.2) is 135 Å². The van der Waals surface area contributed by atoms with Crippen molar-refractivity contribution in [3.8, 4) is 0 Å². The Morgan fingerprint density at radius 3 is 2.31 bits per heavy atom. The number of hydrogen-bond acceptors (Lipinski definition) is 14. The number of esters is 1. The Kier molecular flexibility index (Phi) is 19.9. The van der Waals surface area contributed by atoms with E-state index in [4.69, 9.17) is 29.8 Å². The van der Waals surface area contributed by atoms with E-state index in [0.717, 1.165) is 5.57 Å². The van der Waals surface area contributed by atoms with Crippen LogP contribution >= 0.6 is 20.6 Å². The number of carbonyl (C=O) groups is 1. The van der Waals surface area contributed by atoms with E-state index in [9.17, 15) is 35.4 Å². The number of carbonyl (C=O) groups excluding carboxylic acids is 1. The molecule has 1 fully saturated rings. The summed E-state index contributed by atoms with van der Waals surface area (Å²) in [7, 11) is 4.46. The molecule has 1 saturated heterocycles. The number of allylic oxidation sites excluding steroid dienone is 7. The normalized spacial score (nSPS) is 41.2. The van der Waals surface area contributed by atoms with Gasteiger partial charge in [-0.05, 0) is 12.5 Å². The first-order chi connectivity index (χ1) is 27.2. The van der Waals surface area contributed by atoms with Gasteiger partial charge in [0.2, 0.25) is 5.79 Å². The molecule has 0 aromatic rings. The van der Waals surface area contributed by atoms with Crippen LogP contribution in [0.4, 0.5) is 0 Å². The molecule has 14 nitrogen and oxygen atoms in total. The van der Waals surface area contributed by atoms with Crippen molar-refractivity contribution in [1.29, 1.82) is 0 Å². The maximum atomic E-state index is 13.7. The zero-order chi connectivity index (χ0) is 43.5. The van der Waals surface area contributed by atoms with Crippen molar-refractivity contribution in [2.45, 2.75) is 158 Å². The predicted octanol–water partition coefficient (Wildman–Crippen LogP) is 4.84. The van der Waals surface area contributed by atoms with Crippen molar-refractivity contribution in [2.24, 2.45) is 5.92 Å². The van der Waals surface area contributed by atoms with E-state index in [2.05, 4.69) is 0 Å². The van der Waals surface area contributed by atoms with Gasteiger partial charge < -0.3 is 24.8 Å². The molecule has 0 spiro atoms. The molecular formula is C43H69IO14. The van der Waals surface area contributed by atoms with Crippen molar-refractivity contribution in [2.75, 3.05) is 27.9 Å². The molecular weight excluding hydrogens is 867 g/mol. The van der Waals surface area contributed by atoms with E-state index in [0.29, 0.717) is 36.0 Å². The van der Waals surface area contributed by atoms with Crippen LogP contribution < -0.4 is 0 Å². The van der Waals surface area contributed by atoms with Gasteiger partial charge in [-0.3, -0.25) is 0 Å². The molecule has 0 bridgehead atoms. The zero-order valence-electron chi connectivity index (χ0n) is 36.0. The molecule has 15 heteroatoms. The van der Waals surface area contributed by atoms with Gasteiger partial charge in [-0.15, -0.1) is 0 Å². The van der Waals surface area contributed by atoms with Crippen LogP contribution in [0.1, 0.15) is 87.5 Å². The molecule has 3 rings (SSSR count). The Labute approximate surface area is 352 Å². The van der Waals surface area contributed by atoms with Crippen LogP contribution in [0.15, 0.2) is 70.4 Å². The van der Waals surface area contributed by atoms with Crippen LogP contribution in [0.5, 0.6) is 0 Å². The fourth-order valence-electron chi connectivity index (χ4n) is 7.43. The molecule has 0 aromatic carbocycles. The van der Waals surface area contributed by atoms with Gasteiger partial charge in [0.05, 0.1) is 18.8 Å². The summed E-state index contributed by atoms with van der Waals surface area (Å²) in [5, 5.41) is 67.9. The van der Waals surface area contributed by atoms with E-state index in [-0.39, 0.29) is 30.9 Å². The number of alkyl halides is 1. The molecule has 0 amide bonds. The first kappa shape index (κ1) is 50.5. The molecule has 6 N–H and O–H groups in total. The SMILES string of the molecule is COC[C@H](O)C[C@H]1O[C@@](O)([C@H](O)[C@H]2C[C@H](OC)CCC/C=C(C)/C=C/[C@@H](OI3OC(C)[C@H](OC)[C@@H](O)[C@@H]3O)[C@](C)(O)/C=C(C)/C=C(C)/C=C(\C)C(=O)O2)C(C)=C[C@H]1C. The quantitative estimate of drug-likeness (QED) is 0.0752. The molecule has 0 aliphatic carbocycles. The van der Waals surface area contributed by atoms with Gasteiger partial charge in [0.15, 0.2) is 0 Å². The molecule has 13 atom stereocenters. The summed E-state index contributed by atoms with van der Waals surface area (Å²) < 4.78 is 39.5. The van der Waals surface area contributed by atoms with Gasteiger partial charge >= 0.3 is 254 Å². The van der Waals surface area contributed by atoms with E-state index in [1.54, 1.807) is 71.9 Å². The maximum absolute atomic E-state index is 13.7. The van der Waals surface area contributed by atoms with Crippen LogP contribution in [-0.2, 0) is 34.6 Å². The molecule has 0 radical (unpaired) electrons. The maximum Gasteiger partial charge on any atom is 0.000906 e. The summed E-state index contributed by atoms with van der Waals surface area (Å²) in [5.41, 5.74) is 1.13. The first-order valence-electron chi connectivity index (χ1n) is 19.9. The smallest absolute Gasteiger partial charge is 0.000906 e. The topological polar surface area (TPSA) is 203 Å². The Bertz CT molecular complexity index is 1540. The number of rotatable bonds is 10. The van der Waals surface area contributed by atoms with E-state index >= 15 is 0 Å². The van der Waals surface area contributed by atoms with Crippen LogP contribution in [0, 0.1) is 5.92 Å². The molecule has 58 heavy (non-hydrogen) atoms. The molecule has 3 aliphatic heterocycles. The summed E-state index contributed by atoms with van der Waals surface area (Å²) >= 11 is -3.20. The van der Waals surface area contributed by atoms with Gasteiger partial charge in [0, 0.05) is 19.4 Å². The van der Waals surface area contributed by atoms with Gasteiger partial charge in [0.1, 0.15) is 6.10 Å². The average molecular weight is 937 g/mol. The summed E-state index contributed by atoms with van der Waals surface area (Å²) in [6.07, 6.45) is 5.97. The number of halogens is 1. The Balaban J connectivity index is 2.00. The second-order valence-corrected chi connectivity index (χ2v) is 19.7. The van der Waals surface area contributed by atoms with E-state index in [1.165, 1.54) is 21.3 Å². The van der Waals surface area contributed by atoms with Gasteiger partial charge in [-0.1, -0.05) is 13.0 Å². The van der Waals surface area contributed by atoms with E-state index in [1.807, 2.05) is 26.0 Å². The minimum absolute atomic E-state index is 0.0490. The first-order valence-corrected chi connectivity index (χ1v) is 22.9. The molecule has 0 saturated carbocycles. The number of aliphatic hydroxyl groups is 6. The second-order valence-electron chi connectivity index (χ2n) is 16.1. The summed E-state index contributed by atoms with van der Waals surface area (Å²) in [5.74, 6) is -3.15. The van der Waals surface area contributed by atoms with Crippen molar-refractivity contribution in [3.05, 3.63) is 70.4 Å². The molecule has 3 heterocycles. The number of aliphatic hydroxyl groups excluding tert-OH is 4. The molecule has 0 aromatic heterocycles. The van der Waals surface area contributed by atoms with Crippen molar-refractivity contribution in [1.82, 2.24) is 0 Å². The average Bonchev–Trinajstić information content (AvgIpc) is 3.14. The number of methoxy groups -OCH3 is 3. The Morgan fingerprint density at radius 1 is 0.983 bits per heavy atom. The Morgan fingerprint density at radius 2 is 1.67 bits per heavy atom. The van der Waals surface area contributed by atoms with Crippen molar-refractivity contribution < 1.29 is 65.3 Å². The third-order valence-electron chi connectivity index (χ3n) is 10.7. The number of hydrogen-bond donors (Lipinski definition) is 6. The molecule has 332 valence electrons. The third kappa shape index (κ3) is 13.8. The summed E-state index contributed by atoms with van der Waals surface area (Å²) in [6.45, 7) is 14.0. The van der Waals surface area contributed by atoms with Crippen molar-refractivity contribution >= 4 is 26.6 Å². The summed E-state index contributed by atoms with van der Waals surface area (Å²) in [6, 6.07) is 0. The zero-order valence-corrected chi connectivity index (χ0v) is 38.1. The number of cyclic esters (lactones) is 1. The standard InChI is InChI=1S/C43H69IO14/c1-25-14-12-13-15-33(53-10)22-35(39(47)43(51)30(6)20-28(4)34(56-43)21-32(45)24-52-9)55-41(49)29(5)19-26(2)18-27(3)23-42(8,50)36(17-16-25)58-44-40(48)37(46)38(54-11)31(7)57-44/h14,16-20,23,28,31-40,45-48,50-51H,12-13,15,21-22,24H2,1-11H3/b17-16+,25-14+,26-18+,27-23+,29-19+/t28-,31?,32-,33-,34-,35-,36-,37-,38+,39-,40+,42-,43-/m1/s1. The van der Waals surface area contributed by atoms with Gasteiger partial charge in [-0.2, -0.15) is 0 Å². The van der Waals surface area contributed by atoms with Crippen LogP contribution in [0.25, 0.3) is 0 Å². The largest absolute Gasteiger partial charge is 0.0748 e. The number of ether oxygens (including phenoxy) is 5. The van der Waals surface area contributed by atoms with Crippen LogP contribution in [0.2, 0.25) is 0 Å². The third-order valence-corrected chi connectivity index (χ3v) is 14.8. The van der Waals surface area contributed by atoms with Gasteiger partial charge in [0.25, 0.3) is 0 Å². The monoisotopic (exact) mass is 936 g/mol. The molecule has 1 unspecified atom stereocenters. The summed E-state index contributed by atoms with van der Waals surface area (Å²) in [4.78, 5) is 13.7. The van der Waals surface area contributed by atoms with E-state index < -0.39 is 97.1 Å². The minimum Gasteiger partial charge on any atom is -0.0748 e. The van der Waals surface area contributed by atoms with Gasteiger partial charge in [-0.25, -0.2) is 0 Å². The predicted molar refractivity (Wildman–Crippen MR) is 227 cm³/mol. The van der Waals surface area contributed by atoms with Crippen molar-refractivity contribution in [3.63, 3.8) is 0 Å². The Hall–Kier alpha value is -1.84.